The van der Waals surface area contributed by atoms with Crippen molar-refractivity contribution in [3.05, 3.63) is 48.5 Å². The van der Waals surface area contributed by atoms with Crippen LogP contribution in [0, 0.1) is 0 Å². The Labute approximate surface area is 166 Å². The van der Waals surface area contributed by atoms with Gasteiger partial charge < -0.3 is 24.8 Å². The van der Waals surface area contributed by atoms with Gasteiger partial charge in [-0.05, 0) is 67.8 Å². The van der Waals surface area contributed by atoms with Gasteiger partial charge in [0.05, 0.1) is 19.3 Å². The number of rotatable bonds is 10. The molecule has 1 unspecified atom stereocenters. The summed E-state index contributed by atoms with van der Waals surface area (Å²) < 4.78 is 16.8. The van der Waals surface area contributed by atoms with Crippen LogP contribution in [0.1, 0.15) is 26.2 Å². The van der Waals surface area contributed by atoms with Crippen LogP contribution in [0.15, 0.2) is 48.5 Å². The van der Waals surface area contributed by atoms with E-state index in [0.717, 1.165) is 48.7 Å². The van der Waals surface area contributed by atoms with E-state index in [2.05, 4.69) is 17.6 Å². The first-order chi connectivity index (χ1) is 13.7. The molecule has 1 atom stereocenters. The molecule has 1 saturated heterocycles. The molecule has 0 radical (unpaired) electrons. The first kappa shape index (κ1) is 20.0. The van der Waals surface area contributed by atoms with E-state index >= 15 is 0 Å². The minimum absolute atomic E-state index is 0.110. The Hall–Kier alpha value is -2.73. The standard InChI is InChI=1S/C22H28N2O4/c1-2-13-26-19-11-7-18(8-12-19)24-22(25)15-23-17-5-9-20(10-6-17)28-16-21-4-3-14-27-21/h5-12,21,23H,2-4,13-16H2,1H3,(H,24,25). The number of hydrogen-bond acceptors (Lipinski definition) is 5. The molecule has 1 heterocycles. The molecule has 3 rings (SSSR count). The average Bonchev–Trinajstić information content (AvgIpc) is 3.25. The van der Waals surface area contributed by atoms with Crippen molar-refractivity contribution in [2.24, 2.45) is 0 Å². The molecule has 0 saturated carbocycles. The quantitative estimate of drug-likeness (QED) is 0.646. The number of carbonyl (C=O) groups is 1. The van der Waals surface area contributed by atoms with Gasteiger partial charge in [0, 0.05) is 18.0 Å². The van der Waals surface area contributed by atoms with Gasteiger partial charge in [0.25, 0.3) is 0 Å². The van der Waals surface area contributed by atoms with Crippen molar-refractivity contribution in [2.45, 2.75) is 32.3 Å². The molecule has 0 spiro atoms. The molecule has 2 aromatic rings. The SMILES string of the molecule is CCCOc1ccc(NC(=O)CNc2ccc(OCC3CCCO3)cc2)cc1. The Morgan fingerprint density at radius 2 is 1.71 bits per heavy atom. The molecule has 150 valence electrons. The third kappa shape index (κ3) is 6.46. The van der Waals surface area contributed by atoms with E-state index in [1.807, 2.05) is 48.5 Å². The number of benzene rings is 2. The van der Waals surface area contributed by atoms with Gasteiger partial charge in [0.15, 0.2) is 0 Å². The van der Waals surface area contributed by atoms with E-state index in [1.165, 1.54) is 0 Å². The Morgan fingerprint density at radius 3 is 2.36 bits per heavy atom. The smallest absolute Gasteiger partial charge is 0.243 e. The van der Waals surface area contributed by atoms with E-state index in [0.29, 0.717) is 13.2 Å². The van der Waals surface area contributed by atoms with E-state index in [9.17, 15) is 4.79 Å². The first-order valence-corrected chi connectivity index (χ1v) is 9.84. The number of nitrogens with one attached hydrogen (secondary N) is 2. The van der Waals surface area contributed by atoms with Gasteiger partial charge in [-0.1, -0.05) is 6.92 Å². The molecule has 0 bridgehead atoms. The van der Waals surface area contributed by atoms with Gasteiger partial charge in [-0.25, -0.2) is 0 Å². The zero-order valence-corrected chi connectivity index (χ0v) is 16.3. The van der Waals surface area contributed by atoms with Gasteiger partial charge in [-0.2, -0.15) is 0 Å². The molecule has 1 aliphatic heterocycles. The van der Waals surface area contributed by atoms with E-state index in [-0.39, 0.29) is 18.6 Å². The zero-order chi connectivity index (χ0) is 19.6. The lowest BCUT2D eigenvalue weighted by Crippen LogP contribution is -2.21. The van der Waals surface area contributed by atoms with Crippen LogP contribution < -0.4 is 20.1 Å². The van der Waals surface area contributed by atoms with Crippen molar-refractivity contribution in [3.8, 4) is 11.5 Å². The Morgan fingerprint density at radius 1 is 1.04 bits per heavy atom. The maximum absolute atomic E-state index is 12.1. The lowest BCUT2D eigenvalue weighted by molar-refractivity contribution is -0.114. The van der Waals surface area contributed by atoms with Crippen LogP contribution in [0.2, 0.25) is 0 Å². The highest BCUT2D eigenvalue weighted by Crippen LogP contribution is 2.19. The monoisotopic (exact) mass is 384 g/mol. The number of amides is 1. The minimum Gasteiger partial charge on any atom is -0.494 e. The van der Waals surface area contributed by atoms with Gasteiger partial charge in [-0.15, -0.1) is 0 Å². The number of anilines is 2. The highest BCUT2D eigenvalue weighted by atomic mass is 16.5. The average molecular weight is 384 g/mol. The molecule has 0 aliphatic carbocycles. The second-order valence-corrected chi connectivity index (χ2v) is 6.74. The summed E-state index contributed by atoms with van der Waals surface area (Å²) >= 11 is 0. The van der Waals surface area contributed by atoms with E-state index in [4.69, 9.17) is 14.2 Å². The van der Waals surface area contributed by atoms with Crippen LogP contribution in [0.4, 0.5) is 11.4 Å². The summed E-state index contributed by atoms with van der Waals surface area (Å²) in [5.41, 5.74) is 1.61. The second-order valence-electron chi connectivity index (χ2n) is 6.74. The summed E-state index contributed by atoms with van der Waals surface area (Å²) in [4.78, 5) is 12.1. The fourth-order valence-corrected chi connectivity index (χ4v) is 2.88. The summed E-state index contributed by atoms with van der Waals surface area (Å²) in [7, 11) is 0. The maximum atomic E-state index is 12.1. The third-order valence-corrected chi connectivity index (χ3v) is 4.38. The molecule has 2 aromatic carbocycles. The Kier molecular flexibility index (Phi) is 7.55. The fourth-order valence-electron chi connectivity index (χ4n) is 2.88. The number of hydrogen-bond donors (Lipinski definition) is 2. The minimum atomic E-state index is -0.110. The summed E-state index contributed by atoms with van der Waals surface area (Å²) in [6.07, 6.45) is 3.33. The third-order valence-electron chi connectivity index (χ3n) is 4.38. The molecular weight excluding hydrogens is 356 g/mol. The van der Waals surface area contributed by atoms with Crippen LogP contribution in [0.5, 0.6) is 11.5 Å². The highest BCUT2D eigenvalue weighted by molar-refractivity contribution is 5.93. The van der Waals surface area contributed by atoms with Crippen molar-refractivity contribution in [1.29, 1.82) is 0 Å². The summed E-state index contributed by atoms with van der Waals surface area (Å²) in [5.74, 6) is 1.50. The Bertz CT molecular complexity index is 725. The van der Waals surface area contributed by atoms with Crippen LogP contribution in [0.3, 0.4) is 0 Å². The second kappa shape index (κ2) is 10.6. The maximum Gasteiger partial charge on any atom is 0.243 e. The van der Waals surface area contributed by atoms with E-state index < -0.39 is 0 Å². The van der Waals surface area contributed by atoms with Gasteiger partial charge in [0.1, 0.15) is 18.1 Å². The predicted octanol–water partition coefficient (Wildman–Crippen LogP) is 4.08. The lowest BCUT2D eigenvalue weighted by atomic mass is 10.2. The van der Waals surface area contributed by atoms with Crippen LogP contribution in [-0.2, 0) is 9.53 Å². The van der Waals surface area contributed by atoms with Crippen LogP contribution in [0.25, 0.3) is 0 Å². The molecule has 2 N–H and O–H groups in total. The first-order valence-electron chi connectivity index (χ1n) is 9.84. The molecule has 6 nitrogen and oxygen atoms in total. The number of carbonyl (C=O) groups excluding carboxylic acids is 1. The van der Waals surface area contributed by atoms with E-state index in [1.54, 1.807) is 0 Å². The van der Waals surface area contributed by atoms with Crippen LogP contribution in [-0.4, -0.2) is 38.4 Å². The molecular formula is C22H28N2O4. The molecule has 28 heavy (non-hydrogen) atoms. The Balaban J connectivity index is 1.38. The summed E-state index contributed by atoms with van der Waals surface area (Å²) in [6.45, 7) is 4.35. The molecule has 6 heteroatoms. The summed E-state index contributed by atoms with van der Waals surface area (Å²) in [5, 5.41) is 5.97. The van der Waals surface area contributed by atoms with Crippen molar-refractivity contribution in [1.82, 2.24) is 0 Å². The van der Waals surface area contributed by atoms with Crippen molar-refractivity contribution in [2.75, 3.05) is 37.0 Å². The topological polar surface area (TPSA) is 68.8 Å². The highest BCUT2D eigenvalue weighted by Gasteiger charge is 2.15. The molecule has 1 fully saturated rings. The van der Waals surface area contributed by atoms with Gasteiger partial charge in [-0.3, -0.25) is 4.79 Å². The predicted molar refractivity (Wildman–Crippen MR) is 110 cm³/mol. The number of ether oxygens (including phenoxy) is 3. The molecule has 1 amide bonds. The van der Waals surface area contributed by atoms with Crippen molar-refractivity contribution < 1.29 is 19.0 Å². The normalized spacial score (nSPS) is 15.8. The molecule has 1 aliphatic rings. The zero-order valence-electron chi connectivity index (χ0n) is 16.3. The van der Waals surface area contributed by atoms with Gasteiger partial charge in [0.2, 0.25) is 5.91 Å². The largest absolute Gasteiger partial charge is 0.494 e. The summed E-state index contributed by atoms with van der Waals surface area (Å²) in [6, 6.07) is 15.0. The lowest BCUT2D eigenvalue weighted by Gasteiger charge is -2.12. The van der Waals surface area contributed by atoms with Crippen molar-refractivity contribution >= 4 is 17.3 Å². The van der Waals surface area contributed by atoms with Gasteiger partial charge >= 0.3 is 0 Å². The van der Waals surface area contributed by atoms with Crippen LogP contribution >= 0.6 is 0 Å². The van der Waals surface area contributed by atoms with Crippen molar-refractivity contribution in [3.63, 3.8) is 0 Å². The molecule has 0 aromatic heterocycles. The fraction of sp³-hybridized carbons (Fsp3) is 0.409.